The lowest BCUT2D eigenvalue weighted by Gasteiger charge is -2.43. The third-order valence-corrected chi connectivity index (χ3v) is 3.93. The van der Waals surface area contributed by atoms with Crippen molar-refractivity contribution < 1.29 is 9.90 Å². The largest absolute Gasteiger partial charge is 0.481 e. The maximum Gasteiger partial charge on any atom is 0.314 e. The van der Waals surface area contributed by atoms with Crippen LogP contribution < -0.4 is 5.73 Å². The number of aliphatic carboxylic acids is 1. The Kier molecular flexibility index (Phi) is 2.80. The Hall–Kier alpha value is -0.870. The second-order valence-corrected chi connectivity index (χ2v) is 5.39. The summed E-state index contributed by atoms with van der Waals surface area (Å²) >= 11 is 3.44. The van der Waals surface area contributed by atoms with Crippen LogP contribution in [0.1, 0.15) is 24.0 Å². The highest BCUT2D eigenvalue weighted by Gasteiger charge is 2.51. The van der Waals surface area contributed by atoms with E-state index in [4.69, 9.17) is 5.73 Å². The zero-order valence-corrected chi connectivity index (χ0v) is 10.6. The molecule has 0 heterocycles. The van der Waals surface area contributed by atoms with Crippen LogP contribution in [0.2, 0.25) is 0 Å². The Morgan fingerprint density at radius 2 is 2.19 bits per heavy atom. The van der Waals surface area contributed by atoms with Gasteiger partial charge in [-0.3, -0.25) is 4.79 Å². The van der Waals surface area contributed by atoms with E-state index in [1.165, 1.54) is 0 Å². The molecule has 0 amide bonds. The number of carboxylic acid groups (broad SMARTS) is 1. The molecule has 0 aromatic heterocycles. The topological polar surface area (TPSA) is 63.3 Å². The molecule has 86 valence electrons. The summed E-state index contributed by atoms with van der Waals surface area (Å²) in [7, 11) is 0. The molecule has 1 saturated carbocycles. The Bertz CT molecular complexity index is 439. The molecule has 1 aliphatic carbocycles. The van der Waals surface area contributed by atoms with E-state index in [9.17, 15) is 9.90 Å². The lowest BCUT2D eigenvalue weighted by atomic mass is 9.62. The number of benzene rings is 1. The fraction of sp³-hybridized carbons (Fsp3) is 0.417. The van der Waals surface area contributed by atoms with Crippen molar-refractivity contribution >= 4 is 21.9 Å². The van der Waals surface area contributed by atoms with Gasteiger partial charge in [-0.05, 0) is 37.0 Å². The van der Waals surface area contributed by atoms with Crippen LogP contribution in [-0.4, -0.2) is 17.1 Å². The normalized spacial score (nSPS) is 28.6. The van der Waals surface area contributed by atoms with Crippen LogP contribution in [0.25, 0.3) is 0 Å². The van der Waals surface area contributed by atoms with Gasteiger partial charge in [-0.1, -0.05) is 28.1 Å². The fourth-order valence-electron chi connectivity index (χ4n) is 2.35. The van der Waals surface area contributed by atoms with E-state index in [0.717, 1.165) is 15.6 Å². The van der Waals surface area contributed by atoms with Gasteiger partial charge in [0, 0.05) is 10.5 Å². The molecule has 3 N–H and O–H groups in total. The summed E-state index contributed by atoms with van der Waals surface area (Å²) in [5.41, 5.74) is 6.90. The molecule has 1 aromatic carbocycles. The van der Waals surface area contributed by atoms with Crippen LogP contribution in [0, 0.1) is 6.92 Å². The van der Waals surface area contributed by atoms with Gasteiger partial charge in [0.2, 0.25) is 0 Å². The highest BCUT2D eigenvalue weighted by atomic mass is 79.9. The average molecular weight is 284 g/mol. The highest BCUT2D eigenvalue weighted by Crippen LogP contribution is 2.46. The predicted molar refractivity (Wildman–Crippen MR) is 65.4 cm³/mol. The highest BCUT2D eigenvalue weighted by molar-refractivity contribution is 9.10. The van der Waals surface area contributed by atoms with E-state index in [1.807, 2.05) is 25.1 Å². The number of carboxylic acids is 1. The second-order valence-electron chi connectivity index (χ2n) is 4.54. The first-order valence-electron chi connectivity index (χ1n) is 5.21. The van der Waals surface area contributed by atoms with Crippen molar-refractivity contribution in [2.24, 2.45) is 5.73 Å². The van der Waals surface area contributed by atoms with E-state index in [2.05, 4.69) is 15.9 Å². The van der Waals surface area contributed by atoms with Crippen molar-refractivity contribution in [3.05, 3.63) is 33.8 Å². The Morgan fingerprint density at radius 1 is 1.56 bits per heavy atom. The van der Waals surface area contributed by atoms with E-state index >= 15 is 0 Å². The molecule has 2 rings (SSSR count). The summed E-state index contributed by atoms with van der Waals surface area (Å²) in [6, 6.07) is 5.78. The minimum atomic E-state index is -0.786. The summed E-state index contributed by atoms with van der Waals surface area (Å²) in [6.07, 6.45) is 1.04. The van der Waals surface area contributed by atoms with Crippen molar-refractivity contribution in [3.63, 3.8) is 0 Å². The second kappa shape index (κ2) is 3.86. The smallest absolute Gasteiger partial charge is 0.314 e. The van der Waals surface area contributed by atoms with Gasteiger partial charge in [-0.15, -0.1) is 0 Å². The molecule has 0 spiro atoms. The zero-order chi connectivity index (χ0) is 11.9. The molecule has 0 saturated heterocycles. The molecule has 0 radical (unpaired) electrons. The van der Waals surface area contributed by atoms with Gasteiger partial charge < -0.3 is 10.8 Å². The van der Waals surface area contributed by atoms with E-state index < -0.39 is 11.4 Å². The number of carbonyl (C=O) groups is 1. The first-order chi connectivity index (χ1) is 7.45. The van der Waals surface area contributed by atoms with Crippen molar-refractivity contribution in [1.29, 1.82) is 0 Å². The van der Waals surface area contributed by atoms with Gasteiger partial charge in [0.15, 0.2) is 0 Å². The fourth-order valence-corrected chi connectivity index (χ4v) is 3.23. The van der Waals surface area contributed by atoms with Gasteiger partial charge >= 0.3 is 5.97 Å². The van der Waals surface area contributed by atoms with Crippen LogP contribution in [0.4, 0.5) is 0 Å². The van der Waals surface area contributed by atoms with Gasteiger partial charge in [0.25, 0.3) is 0 Å². The summed E-state index contributed by atoms with van der Waals surface area (Å²) in [4.78, 5) is 11.4. The lowest BCUT2D eigenvalue weighted by molar-refractivity contribution is -0.148. The number of hydrogen-bond donors (Lipinski definition) is 2. The molecule has 0 atom stereocenters. The Morgan fingerprint density at radius 3 is 2.62 bits per heavy atom. The van der Waals surface area contributed by atoms with E-state index in [1.54, 1.807) is 0 Å². The Labute approximate surface area is 103 Å². The molecule has 1 fully saturated rings. The molecule has 4 heteroatoms. The van der Waals surface area contributed by atoms with Gasteiger partial charge in [-0.2, -0.15) is 0 Å². The van der Waals surface area contributed by atoms with Crippen LogP contribution in [0.5, 0.6) is 0 Å². The minimum Gasteiger partial charge on any atom is -0.481 e. The van der Waals surface area contributed by atoms with Crippen LogP contribution in [-0.2, 0) is 10.2 Å². The van der Waals surface area contributed by atoms with Crippen LogP contribution in [0.15, 0.2) is 22.7 Å². The van der Waals surface area contributed by atoms with E-state index in [0.29, 0.717) is 12.8 Å². The third-order valence-electron chi connectivity index (χ3n) is 3.27. The molecule has 1 aliphatic rings. The van der Waals surface area contributed by atoms with Crippen molar-refractivity contribution in [3.8, 4) is 0 Å². The zero-order valence-electron chi connectivity index (χ0n) is 9.03. The van der Waals surface area contributed by atoms with Gasteiger partial charge in [0.05, 0.1) is 5.41 Å². The lowest BCUT2D eigenvalue weighted by Crippen LogP contribution is -2.54. The van der Waals surface area contributed by atoms with Crippen LogP contribution >= 0.6 is 15.9 Å². The molecular formula is C12H14BrNO2. The molecule has 16 heavy (non-hydrogen) atoms. The minimum absolute atomic E-state index is 0.00398. The first-order valence-corrected chi connectivity index (χ1v) is 6.00. The quantitative estimate of drug-likeness (QED) is 0.875. The number of aryl methyl sites for hydroxylation is 1. The predicted octanol–water partition coefficient (Wildman–Crippen LogP) is 2.20. The first kappa shape index (κ1) is 11.6. The van der Waals surface area contributed by atoms with E-state index in [-0.39, 0.29) is 6.04 Å². The molecule has 0 unspecified atom stereocenters. The third kappa shape index (κ3) is 1.66. The van der Waals surface area contributed by atoms with Crippen LogP contribution in [0.3, 0.4) is 0 Å². The summed E-state index contributed by atoms with van der Waals surface area (Å²) in [5.74, 6) is -0.779. The maximum atomic E-state index is 11.4. The molecular weight excluding hydrogens is 270 g/mol. The van der Waals surface area contributed by atoms with Crippen molar-refractivity contribution in [1.82, 2.24) is 0 Å². The maximum absolute atomic E-state index is 11.4. The van der Waals surface area contributed by atoms with Crippen molar-refractivity contribution in [2.75, 3.05) is 0 Å². The van der Waals surface area contributed by atoms with Crippen molar-refractivity contribution in [2.45, 2.75) is 31.2 Å². The average Bonchev–Trinajstić information content (AvgIpc) is 2.12. The van der Waals surface area contributed by atoms with Gasteiger partial charge in [-0.25, -0.2) is 0 Å². The molecule has 1 aromatic rings. The summed E-state index contributed by atoms with van der Waals surface area (Å²) in [6.45, 7) is 1.98. The summed E-state index contributed by atoms with van der Waals surface area (Å²) in [5, 5.41) is 9.37. The van der Waals surface area contributed by atoms with Gasteiger partial charge in [0.1, 0.15) is 0 Å². The molecule has 0 aliphatic heterocycles. The monoisotopic (exact) mass is 283 g/mol. The molecule has 0 bridgehead atoms. The standard InChI is InChI=1S/C12H14BrNO2/c1-7-2-3-9(10(13)4-7)12(11(15)16)5-8(14)6-12/h2-4,8H,5-6,14H2,1H3,(H,15,16). The number of rotatable bonds is 2. The molecule has 3 nitrogen and oxygen atoms in total. The number of halogens is 1. The number of nitrogens with two attached hydrogens (primary N) is 1. The SMILES string of the molecule is Cc1ccc(C2(C(=O)O)CC(N)C2)c(Br)c1. The number of hydrogen-bond acceptors (Lipinski definition) is 2. The Balaban J connectivity index is 2.45. The summed E-state index contributed by atoms with van der Waals surface area (Å²) < 4.78 is 0.863.